The van der Waals surface area contributed by atoms with E-state index in [1.165, 1.54) is 17.0 Å². The summed E-state index contributed by atoms with van der Waals surface area (Å²) in [6, 6.07) is 16.6. The Hall–Kier alpha value is -6.73. The molecule has 3 aromatic carbocycles. The predicted molar refractivity (Wildman–Crippen MR) is 270 cm³/mol. The number of rotatable bonds is 24. The molecule has 1 aliphatic heterocycles. The van der Waals surface area contributed by atoms with Gasteiger partial charge in [-0.1, -0.05) is 107 Å². The zero-order valence-electron chi connectivity index (χ0n) is 41.0. The lowest BCUT2D eigenvalue weighted by molar-refractivity contribution is -0.144. The molecule has 1 aliphatic rings. The summed E-state index contributed by atoms with van der Waals surface area (Å²) in [6.45, 7) is 8.79. The van der Waals surface area contributed by atoms with E-state index in [0.717, 1.165) is 84.7 Å². The number of aliphatic hydroxyl groups is 1. The highest BCUT2D eigenvalue weighted by atomic mass is 32.1. The third kappa shape index (κ3) is 16.4. The fourth-order valence-electron chi connectivity index (χ4n) is 8.30. The normalized spacial score (nSPS) is 15.0. The Morgan fingerprint density at radius 3 is 2.18 bits per heavy atom. The van der Waals surface area contributed by atoms with E-state index in [9.17, 15) is 33.5 Å². The van der Waals surface area contributed by atoms with Gasteiger partial charge in [0.1, 0.15) is 30.2 Å². The van der Waals surface area contributed by atoms with Crippen LogP contribution in [0.4, 0.5) is 20.6 Å². The molecule has 5 aromatic rings. The van der Waals surface area contributed by atoms with Crippen LogP contribution in [0, 0.1) is 18.2 Å². The molecule has 7 N–H and O–H groups in total. The summed E-state index contributed by atoms with van der Waals surface area (Å²) in [4.78, 5) is 72.3. The summed E-state index contributed by atoms with van der Waals surface area (Å²) in [6.07, 6.45) is 9.73. The molecule has 3 atom stereocenters. The van der Waals surface area contributed by atoms with E-state index < -0.39 is 41.4 Å². The van der Waals surface area contributed by atoms with Gasteiger partial charge in [0.25, 0.3) is 5.91 Å². The number of aryl methyl sites for hydroxylation is 2. The molecule has 19 heteroatoms. The van der Waals surface area contributed by atoms with E-state index in [1.807, 2.05) is 57.5 Å². The van der Waals surface area contributed by atoms with Crippen LogP contribution < -0.4 is 27.0 Å². The van der Waals surface area contributed by atoms with E-state index in [0.29, 0.717) is 36.3 Å². The molecule has 3 heterocycles. The minimum absolute atomic E-state index is 0.0257. The number of thiazole rings is 1. The number of carbonyl (C=O) groups is 5. The van der Waals surface area contributed by atoms with Gasteiger partial charge in [0.2, 0.25) is 17.7 Å². The molecule has 6 rings (SSSR count). The maximum Gasteiger partial charge on any atom is 0.407 e. The van der Waals surface area contributed by atoms with Crippen LogP contribution in [0.1, 0.15) is 124 Å². The van der Waals surface area contributed by atoms with Crippen molar-refractivity contribution in [2.24, 2.45) is 5.41 Å². The third-order valence-corrected chi connectivity index (χ3v) is 13.3. The van der Waals surface area contributed by atoms with Gasteiger partial charge >= 0.3 is 6.09 Å². The van der Waals surface area contributed by atoms with E-state index >= 15 is 0 Å². The van der Waals surface area contributed by atoms with E-state index in [4.69, 9.17) is 10.5 Å². The second kappa shape index (κ2) is 25.9. The maximum absolute atomic E-state index is 14.0. The number of amides is 5. The van der Waals surface area contributed by atoms with Crippen molar-refractivity contribution in [3.63, 3.8) is 0 Å². The number of anilines is 2. The van der Waals surface area contributed by atoms with E-state index in [1.54, 1.807) is 46.5 Å². The molecule has 0 radical (unpaired) electrons. The predicted octanol–water partition coefficient (Wildman–Crippen LogP) is 7.82. The van der Waals surface area contributed by atoms with E-state index in [-0.39, 0.29) is 56.1 Å². The van der Waals surface area contributed by atoms with Gasteiger partial charge in [-0.2, -0.15) is 0 Å². The first-order valence-corrected chi connectivity index (χ1v) is 25.2. The number of nitrogen functional groups attached to an aromatic ring is 1. The molecule has 1 saturated heterocycles. The number of benzene rings is 3. The van der Waals surface area contributed by atoms with Crippen LogP contribution >= 0.6 is 11.3 Å². The largest absolute Gasteiger partial charge is 0.443 e. The minimum atomic E-state index is -0.856. The number of nitrogens with one attached hydrogen (secondary N) is 4. The molecule has 71 heavy (non-hydrogen) atoms. The molecule has 0 aliphatic carbocycles. The monoisotopic (exact) mass is 994 g/mol. The number of ether oxygens (including phenoxy) is 1. The average Bonchev–Trinajstić information content (AvgIpc) is 4.10. The summed E-state index contributed by atoms with van der Waals surface area (Å²) in [5, 5.41) is 30.1. The molecule has 380 valence electrons. The van der Waals surface area contributed by atoms with Gasteiger partial charge in [-0.05, 0) is 72.2 Å². The van der Waals surface area contributed by atoms with Gasteiger partial charge < -0.3 is 41.7 Å². The van der Waals surface area contributed by atoms with Crippen molar-refractivity contribution in [2.75, 3.05) is 17.6 Å². The van der Waals surface area contributed by atoms with E-state index in [2.05, 4.69) is 36.6 Å². The smallest absolute Gasteiger partial charge is 0.407 e. The van der Waals surface area contributed by atoms with Crippen molar-refractivity contribution in [3.05, 3.63) is 112 Å². The summed E-state index contributed by atoms with van der Waals surface area (Å²) in [7, 11) is 0. The van der Waals surface area contributed by atoms with Crippen LogP contribution in [0.25, 0.3) is 10.4 Å². The molecule has 1 fully saturated rings. The number of hydrogen-bond acceptors (Lipinski definition) is 12. The number of alkyl carbamates (subject to hydrolysis) is 1. The highest BCUT2D eigenvalue weighted by Crippen LogP contribution is 2.29. The number of halogens is 1. The Morgan fingerprint density at radius 2 is 1.54 bits per heavy atom. The number of nitrogens with two attached hydrogens (primary N) is 1. The number of β-amino-alcohol motifs (C(OH)–C–C–N with tert-alkyl or cyclic N) is 1. The molecule has 5 amide bonds. The first-order chi connectivity index (χ1) is 34.0. The molecule has 0 spiro atoms. The fourth-order valence-corrected chi connectivity index (χ4v) is 9.12. The lowest BCUT2D eigenvalue weighted by Gasteiger charge is -2.35. The van der Waals surface area contributed by atoms with Gasteiger partial charge in [-0.15, -0.1) is 16.4 Å². The van der Waals surface area contributed by atoms with Gasteiger partial charge in [-0.3, -0.25) is 23.9 Å². The Bertz CT molecular complexity index is 2560. The fraction of sp³-hybridized carbons (Fsp3) is 0.462. The molecule has 17 nitrogen and oxygen atoms in total. The summed E-state index contributed by atoms with van der Waals surface area (Å²) >= 11 is 1.58. The first-order valence-electron chi connectivity index (χ1n) is 24.3. The van der Waals surface area contributed by atoms with Gasteiger partial charge in [0, 0.05) is 44.6 Å². The lowest BCUT2D eigenvalue weighted by Crippen LogP contribution is -2.57. The second-order valence-electron chi connectivity index (χ2n) is 19.2. The lowest BCUT2D eigenvalue weighted by atomic mass is 9.85. The number of carbonyl (C=O) groups excluding carboxylic acids is 5. The number of nitrogens with zero attached hydrogens (tertiary/aromatic N) is 5. The molecular formula is C52H67FN10O7S. The van der Waals surface area contributed by atoms with Gasteiger partial charge in [0.15, 0.2) is 0 Å². The van der Waals surface area contributed by atoms with Crippen LogP contribution in [-0.2, 0) is 45.4 Å². The maximum atomic E-state index is 14.0. The molecule has 2 aromatic heterocycles. The van der Waals surface area contributed by atoms with Crippen molar-refractivity contribution < 1.29 is 38.2 Å². The molecule has 0 unspecified atom stereocenters. The number of hydrogen-bond donors (Lipinski definition) is 6. The molecule has 0 bridgehead atoms. The van der Waals surface area contributed by atoms with Crippen LogP contribution in [0.5, 0.6) is 0 Å². The molecule has 0 saturated carbocycles. The van der Waals surface area contributed by atoms with Crippen molar-refractivity contribution >= 4 is 52.4 Å². The zero-order valence-corrected chi connectivity index (χ0v) is 41.9. The summed E-state index contributed by atoms with van der Waals surface area (Å²) in [5.74, 6) is -1.81. The average molecular weight is 995 g/mol. The summed E-state index contributed by atoms with van der Waals surface area (Å²) < 4.78 is 20.4. The number of aromatic nitrogens is 4. The topological polar surface area (TPSA) is 236 Å². The van der Waals surface area contributed by atoms with Crippen LogP contribution in [0.2, 0.25) is 0 Å². The van der Waals surface area contributed by atoms with Crippen molar-refractivity contribution in [2.45, 2.75) is 143 Å². The zero-order chi connectivity index (χ0) is 50.9. The first kappa shape index (κ1) is 53.6. The highest BCUT2D eigenvalue weighted by Gasteiger charge is 2.44. The Balaban J connectivity index is 0.790. The van der Waals surface area contributed by atoms with Crippen molar-refractivity contribution in [3.8, 4) is 10.4 Å². The highest BCUT2D eigenvalue weighted by molar-refractivity contribution is 7.13. The molecular weight excluding hydrogens is 928 g/mol. The number of unbranched alkanes of at least 4 members (excludes halogenated alkanes) is 8. The second-order valence-corrected chi connectivity index (χ2v) is 20.0. The Labute approximate surface area is 418 Å². The quantitative estimate of drug-likeness (QED) is 0.0258. The third-order valence-electron chi connectivity index (χ3n) is 12.4. The standard InChI is InChI=1S/C52H67FN10O7S/c1-34-46(71-33-57-34)37-19-15-35(16-20-37)28-55-49(67)44-27-41(64)31-63(44)50(68)47(52(2,3)4)59-45(65)14-12-10-8-6-5-7-9-11-13-25-62-30-40(60-61-62)32-70-51(69)56-29-36-17-21-38(22-18-36)48(66)58-43-24-23-39(53)26-42(43)54/h15-24,26,30,33,41,44,47,64H,5-14,25,27-29,31-32,54H2,1-4H3,(H,55,67)(H,56,69)(H,58,66)(H,59,65)/t41-,44+,47-/m1/s1. The van der Waals surface area contributed by atoms with Crippen molar-refractivity contribution in [1.82, 2.24) is 40.8 Å². The Morgan fingerprint density at radius 1 is 0.887 bits per heavy atom. The summed E-state index contributed by atoms with van der Waals surface area (Å²) in [5.41, 5.74) is 12.0. The van der Waals surface area contributed by atoms with Crippen LogP contribution in [0.3, 0.4) is 0 Å². The minimum Gasteiger partial charge on any atom is -0.443 e. The Kier molecular flexibility index (Phi) is 19.6. The van der Waals surface area contributed by atoms with Crippen molar-refractivity contribution in [1.29, 1.82) is 0 Å². The van der Waals surface area contributed by atoms with Gasteiger partial charge in [-0.25, -0.2) is 14.2 Å². The van der Waals surface area contributed by atoms with Gasteiger partial charge in [0.05, 0.1) is 39.8 Å². The van der Waals surface area contributed by atoms with Crippen LogP contribution in [0.15, 0.2) is 78.4 Å². The number of likely N-dealkylation sites (tertiary alicyclic amines) is 1. The number of aliphatic hydroxyl groups excluding tert-OH is 1. The SMILES string of the molecule is Cc1ncsc1-c1ccc(CNC(=O)[C@@H]2C[C@@H](O)CN2C(=O)[C@@H](NC(=O)CCCCCCCCCCCn2cc(COC(=O)NCc3ccc(C(=O)Nc4ccc(F)cc4N)cc3)nn2)C(C)(C)C)cc1. The van der Waals surface area contributed by atoms with Crippen LogP contribution in [-0.4, -0.2) is 84.4 Å².